The Kier molecular flexibility index (Phi) is 6.05. The number of nitriles is 1. The van der Waals surface area contributed by atoms with E-state index in [-0.39, 0.29) is 12.0 Å². The molecule has 7 heteroatoms. The Morgan fingerprint density at radius 3 is 2.55 bits per heavy atom. The number of nitrogens with zero attached hydrogens (tertiary/aromatic N) is 3. The molecule has 0 unspecified atom stereocenters. The van der Waals surface area contributed by atoms with Crippen molar-refractivity contribution in [1.82, 2.24) is 9.97 Å². The fourth-order valence-corrected chi connectivity index (χ4v) is 5.73. The highest BCUT2D eigenvalue weighted by Crippen LogP contribution is 2.49. The molecule has 0 bridgehead atoms. The predicted octanol–water partition coefficient (Wildman–Crippen LogP) is 4.86. The number of thiophene rings is 1. The van der Waals surface area contributed by atoms with E-state index in [9.17, 15) is 5.26 Å². The van der Waals surface area contributed by atoms with E-state index in [0.717, 1.165) is 28.7 Å². The van der Waals surface area contributed by atoms with Gasteiger partial charge in [-0.1, -0.05) is 60.7 Å². The Morgan fingerprint density at radius 1 is 1.09 bits per heavy atom. The Bertz CT molecular complexity index is 1270. The molecule has 1 fully saturated rings. The van der Waals surface area contributed by atoms with Crippen molar-refractivity contribution in [2.24, 2.45) is 5.92 Å². The summed E-state index contributed by atoms with van der Waals surface area (Å²) in [6.45, 7) is 0.930. The molecule has 1 saturated heterocycles. The van der Waals surface area contributed by atoms with Crippen molar-refractivity contribution in [2.75, 3.05) is 12.3 Å². The van der Waals surface area contributed by atoms with E-state index in [2.05, 4.69) is 28.2 Å². The topological polar surface area (TPSA) is 94.1 Å². The third-order valence-corrected chi connectivity index (χ3v) is 7.23. The Hall–Kier alpha value is -3.31. The summed E-state index contributed by atoms with van der Waals surface area (Å²) in [4.78, 5) is 9.35. The molecule has 0 aliphatic carbocycles. The zero-order chi connectivity index (χ0) is 22.7. The quantitative estimate of drug-likeness (QED) is 0.427. The van der Waals surface area contributed by atoms with E-state index in [4.69, 9.17) is 15.2 Å². The number of hydrogen-bond donors (Lipinski definition) is 1. The van der Waals surface area contributed by atoms with Crippen LogP contribution in [0, 0.1) is 17.2 Å². The first-order chi connectivity index (χ1) is 16.2. The lowest BCUT2D eigenvalue weighted by Crippen LogP contribution is -2.32. The van der Waals surface area contributed by atoms with Gasteiger partial charge < -0.3 is 15.2 Å². The standard InChI is InChI=1S/C26H24N4O2S/c27-16-26(24-23-22(15-33-24)25(28)30-17-29-23)20(11-18-7-3-1-4-8-18)12-21(32-26)14-31-13-19-9-5-2-6-10-19/h1-10,15,17,20-21H,11-14H2,(H2,28,29,30)/t20-,21+,26-/m1/s1. The molecule has 166 valence electrons. The molecule has 33 heavy (non-hydrogen) atoms. The lowest BCUT2D eigenvalue weighted by atomic mass is 9.81. The average molecular weight is 457 g/mol. The second-order valence-corrected chi connectivity index (χ2v) is 9.18. The zero-order valence-electron chi connectivity index (χ0n) is 18.1. The highest BCUT2D eigenvalue weighted by Gasteiger charge is 2.52. The number of rotatable bonds is 7. The smallest absolute Gasteiger partial charge is 0.194 e. The van der Waals surface area contributed by atoms with Gasteiger partial charge in [-0.3, -0.25) is 0 Å². The maximum Gasteiger partial charge on any atom is 0.194 e. The monoisotopic (exact) mass is 456 g/mol. The van der Waals surface area contributed by atoms with Crippen LogP contribution in [0.3, 0.4) is 0 Å². The third-order valence-electron chi connectivity index (χ3n) is 6.14. The summed E-state index contributed by atoms with van der Waals surface area (Å²) in [5.41, 5.74) is 7.93. The highest BCUT2D eigenvalue weighted by atomic mass is 32.1. The van der Waals surface area contributed by atoms with Gasteiger partial charge in [0.25, 0.3) is 0 Å². The zero-order valence-corrected chi connectivity index (χ0v) is 18.9. The normalized spacial score (nSPS) is 22.4. The molecule has 0 radical (unpaired) electrons. The van der Waals surface area contributed by atoms with E-state index in [0.29, 0.717) is 24.5 Å². The molecule has 3 heterocycles. The number of anilines is 1. The lowest BCUT2D eigenvalue weighted by Gasteiger charge is -2.27. The van der Waals surface area contributed by atoms with Crippen molar-refractivity contribution in [3.63, 3.8) is 0 Å². The maximum atomic E-state index is 10.5. The van der Waals surface area contributed by atoms with Crippen LogP contribution in [0.1, 0.15) is 22.4 Å². The summed E-state index contributed by atoms with van der Waals surface area (Å²) in [7, 11) is 0. The summed E-state index contributed by atoms with van der Waals surface area (Å²) >= 11 is 1.46. The minimum absolute atomic E-state index is 0.0479. The lowest BCUT2D eigenvalue weighted by molar-refractivity contribution is -0.0566. The van der Waals surface area contributed by atoms with Gasteiger partial charge in [-0.15, -0.1) is 11.3 Å². The van der Waals surface area contributed by atoms with E-state index in [1.807, 2.05) is 53.9 Å². The fourth-order valence-electron chi connectivity index (χ4n) is 4.55. The minimum Gasteiger partial charge on any atom is -0.383 e. The van der Waals surface area contributed by atoms with Crippen LogP contribution in [-0.4, -0.2) is 22.7 Å². The van der Waals surface area contributed by atoms with Crippen molar-refractivity contribution in [1.29, 1.82) is 5.26 Å². The molecule has 0 spiro atoms. The number of fused-ring (bicyclic) bond motifs is 1. The summed E-state index contributed by atoms with van der Waals surface area (Å²) in [6.07, 6.45) is 2.69. The van der Waals surface area contributed by atoms with Gasteiger partial charge in [0.15, 0.2) is 5.60 Å². The molecule has 2 aromatic heterocycles. The van der Waals surface area contributed by atoms with Gasteiger partial charge >= 0.3 is 0 Å². The van der Waals surface area contributed by atoms with Crippen LogP contribution in [0.5, 0.6) is 0 Å². The molecule has 1 aliphatic heterocycles. The van der Waals surface area contributed by atoms with Crippen LogP contribution >= 0.6 is 11.3 Å². The molecule has 0 amide bonds. The van der Waals surface area contributed by atoms with Crippen LogP contribution in [0.15, 0.2) is 72.4 Å². The first-order valence-electron chi connectivity index (χ1n) is 10.9. The summed E-state index contributed by atoms with van der Waals surface area (Å²) in [5, 5.41) is 13.2. The molecule has 4 aromatic rings. The summed E-state index contributed by atoms with van der Waals surface area (Å²) in [6, 6.07) is 22.8. The second-order valence-electron chi connectivity index (χ2n) is 8.30. The van der Waals surface area contributed by atoms with Gasteiger partial charge in [-0.25, -0.2) is 9.97 Å². The first kappa shape index (κ1) is 21.5. The van der Waals surface area contributed by atoms with Crippen molar-refractivity contribution in [3.8, 4) is 6.07 Å². The Balaban J connectivity index is 1.44. The van der Waals surface area contributed by atoms with Gasteiger partial charge in [0.05, 0.1) is 35.1 Å². The van der Waals surface area contributed by atoms with Crippen molar-refractivity contribution >= 4 is 28.1 Å². The van der Waals surface area contributed by atoms with Crippen molar-refractivity contribution < 1.29 is 9.47 Å². The largest absolute Gasteiger partial charge is 0.383 e. The van der Waals surface area contributed by atoms with Gasteiger partial charge in [0.2, 0.25) is 0 Å². The van der Waals surface area contributed by atoms with E-state index >= 15 is 0 Å². The Labute approximate surface area is 196 Å². The molecule has 2 N–H and O–H groups in total. The van der Waals surface area contributed by atoms with Crippen LogP contribution < -0.4 is 5.73 Å². The van der Waals surface area contributed by atoms with E-state index in [1.165, 1.54) is 23.2 Å². The number of nitrogens with two attached hydrogens (primary N) is 1. The van der Waals surface area contributed by atoms with Gasteiger partial charge in [-0.05, 0) is 24.0 Å². The number of nitrogen functional groups attached to an aromatic ring is 1. The molecule has 0 saturated carbocycles. The number of hydrogen-bond acceptors (Lipinski definition) is 7. The van der Waals surface area contributed by atoms with Crippen molar-refractivity contribution in [3.05, 3.63) is 88.4 Å². The first-order valence-corrected chi connectivity index (χ1v) is 11.8. The summed E-state index contributed by atoms with van der Waals surface area (Å²) < 4.78 is 12.5. The van der Waals surface area contributed by atoms with Crippen LogP contribution in [-0.2, 0) is 28.1 Å². The SMILES string of the molecule is N#C[C@@]1(c2scc3c(N)ncnc23)O[C@H](COCc2ccccc2)C[C@H]1Cc1ccccc1. The molecule has 1 aliphatic rings. The Morgan fingerprint density at radius 2 is 1.82 bits per heavy atom. The molecule has 2 aromatic carbocycles. The maximum absolute atomic E-state index is 10.5. The van der Waals surface area contributed by atoms with E-state index < -0.39 is 5.60 Å². The molecule has 5 rings (SSSR count). The number of benzene rings is 2. The average Bonchev–Trinajstić information content (AvgIpc) is 3.43. The van der Waals surface area contributed by atoms with Gasteiger partial charge in [0, 0.05) is 11.3 Å². The number of ether oxygens (including phenoxy) is 2. The van der Waals surface area contributed by atoms with Gasteiger partial charge in [-0.2, -0.15) is 5.26 Å². The fraction of sp³-hybridized carbons (Fsp3) is 0.269. The van der Waals surface area contributed by atoms with Gasteiger partial charge in [0.1, 0.15) is 18.2 Å². The molecular weight excluding hydrogens is 432 g/mol. The van der Waals surface area contributed by atoms with Crippen LogP contribution in [0.2, 0.25) is 0 Å². The second kappa shape index (κ2) is 9.28. The van der Waals surface area contributed by atoms with Crippen molar-refractivity contribution in [2.45, 2.75) is 31.2 Å². The number of aromatic nitrogens is 2. The van der Waals surface area contributed by atoms with Crippen LogP contribution in [0.4, 0.5) is 5.82 Å². The summed E-state index contributed by atoms with van der Waals surface area (Å²) in [5.74, 6) is 0.365. The molecular formula is C26H24N4O2S. The minimum atomic E-state index is -1.12. The van der Waals surface area contributed by atoms with E-state index in [1.54, 1.807) is 0 Å². The highest BCUT2D eigenvalue weighted by molar-refractivity contribution is 7.11. The third kappa shape index (κ3) is 4.21. The predicted molar refractivity (Wildman–Crippen MR) is 128 cm³/mol. The van der Waals surface area contributed by atoms with Crippen LogP contribution in [0.25, 0.3) is 10.9 Å². The molecule has 6 nitrogen and oxygen atoms in total. The molecule has 3 atom stereocenters.